The fraction of sp³-hybridized carbons (Fsp3) is 0.333. The molecular weight excluding hydrogens is 310 g/mol. The van der Waals surface area contributed by atoms with Gasteiger partial charge in [0.05, 0.1) is 12.2 Å². The van der Waals surface area contributed by atoms with Crippen LogP contribution in [-0.4, -0.2) is 42.8 Å². The quantitative estimate of drug-likeness (QED) is 0.861. The van der Waals surface area contributed by atoms with Crippen LogP contribution in [0.2, 0.25) is 5.02 Å². The molecule has 22 heavy (non-hydrogen) atoms. The average Bonchev–Trinajstić information content (AvgIpc) is 2.46. The monoisotopic (exact) mass is 325 g/mol. The Labute approximate surface area is 132 Å². The van der Waals surface area contributed by atoms with E-state index in [0.29, 0.717) is 21.9 Å². The third-order valence-electron chi connectivity index (χ3n) is 3.27. The number of aliphatic carboxylic acids is 1. The van der Waals surface area contributed by atoms with Crippen molar-refractivity contribution in [1.82, 2.24) is 5.32 Å². The first-order valence-corrected chi connectivity index (χ1v) is 6.91. The Hall–Kier alpha value is -2.05. The molecule has 0 bridgehead atoms. The number of rotatable bonds is 5. The van der Waals surface area contributed by atoms with Crippen LogP contribution in [0.15, 0.2) is 23.8 Å². The fourth-order valence-electron chi connectivity index (χ4n) is 2.05. The van der Waals surface area contributed by atoms with Crippen LogP contribution in [-0.2, 0) is 14.3 Å². The number of amides is 1. The van der Waals surface area contributed by atoms with E-state index >= 15 is 0 Å². The topological polar surface area (TPSA) is 84.9 Å². The van der Waals surface area contributed by atoms with E-state index in [0.717, 1.165) is 0 Å². The number of carboxylic acids is 1. The molecule has 1 aliphatic heterocycles. The van der Waals surface area contributed by atoms with Crippen molar-refractivity contribution in [3.05, 3.63) is 34.4 Å². The van der Waals surface area contributed by atoms with E-state index in [2.05, 4.69) is 5.32 Å². The summed E-state index contributed by atoms with van der Waals surface area (Å²) in [7, 11) is 1.37. The van der Waals surface area contributed by atoms with Crippen molar-refractivity contribution in [1.29, 1.82) is 0 Å². The lowest BCUT2D eigenvalue weighted by Gasteiger charge is -2.26. The predicted octanol–water partition coefficient (Wildman–Crippen LogP) is 1.72. The van der Waals surface area contributed by atoms with Crippen molar-refractivity contribution in [2.24, 2.45) is 0 Å². The van der Waals surface area contributed by atoms with E-state index in [9.17, 15) is 14.7 Å². The summed E-state index contributed by atoms with van der Waals surface area (Å²) in [4.78, 5) is 23.6. The highest BCUT2D eigenvalue weighted by Crippen LogP contribution is 2.29. The maximum Gasteiger partial charge on any atom is 0.331 e. The molecule has 7 heteroatoms. The van der Waals surface area contributed by atoms with Crippen molar-refractivity contribution >= 4 is 29.6 Å². The van der Waals surface area contributed by atoms with Crippen LogP contribution in [0.1, 0.15) is 12.5 Å². The minimum Gasteiger partial charge on any atom is -0.488 e. The van der Waals surface area contributed by atoms with Crippen LogP contribution in [0.4, 0.5) is 0 Å². The first kappa shape index (κ1) is 16.3. The van der Waals surface area contributed by atoms with Crippen LogP contribution < -0.4 is 10.1 Å². The zero-order valence-electron chi connectivity index (χ0n) is 12.2. The van der Waals surface area contributed by atoms with E-state index in [1.165, 1.54) is 14.0 Å². The molecule has 0 radical (unpaired) electrons. The highest BCUT2D eigenvalue weighted by molar-refractivity contribution is 6.30. The van der Waals surface area contributed by atoms with Gasteiger partial charge in [0.1, 0.15) is 12.4 Å². The van der Waals surface area contributed by atoms with E-state index in [-0.39, 0.29) is 13.2 Å². The molecule has 1 aromatic carbocycles. The van der Waals surface area contributed by atoms with Gasteiger partial charge in [-0.3, -0.25) is 4.79 Å². The highest BCUT2D eigenvalue weighted by Gasteiger charge is 2.36. The number of hydrogen-bond donors (Lipinski definition) is 2. The molecule has 0 aliphatic carbocycles. The Morgan fingerprint density at radius 2 is 2.23 bits per heavy atom. The smallest absolute Gasteiger partial charge is 0.331 e. The molecule has 0 spiro atoms. The van der Waals surface area contributed by atoms with E-state index in [1.54, 1.807) is 24.3 Å². The van der Waals surface area contributed by atoms with Gasteiger partial charge in [0.2, 0.25) is 0 Å². The third kappa shape index (κ3) is 3.40. The zero-order chi connectivity index (χ0) is 16.3. The van der Waals surface area contributed by atoms with Gasteiger partial charge in [-0.2, -0.15) is 0 Å². The second kappa shape index (κ2) is 6.37. The van der Waals surface area contributed by atoms with Crippen molar-refractivity contribution in [2.75, 3.05) is 20.3 Å². The molecular formula is C15H16ClNO5. The molecule has 2 rings (SSSR count). The van der Waals surface area contributed by atoms with Gasteiger partial charge in [-0.25, -0.2) is 4.79 Å². The molecule has 0 fully saturated rings. The zero-order valence-corrected chi connectivity index (χ0v) is 12.9. The normalized spacial score (nSPS) is 15.9. The van der Waals surface area contributed by atoms with Crippen molar-refractivity contribution in [2.45, 2.75) is 12.5 Å². The van der Waals surface area contributed by atoms with E-state index < -0.39 is 17.4 Å². The number of hydrogen-bond acceptors (Lipinski definition) is 4. The minimum absolute atomic E-state index is 0.0587. The maximum atomic E-state index is 12.3. The van der Waals surface area contributed by atoms with Gasteiger partial charge in [-0.1, -0.05) is 11.6 Å². The summed E-state index contributed by atoms with van der Waals surface area (Å²) in [6.07, 6.45) is 1.63. The Bertz CT molecular complexity index is 643. The Morgan fingerprint density at radius 3 is 2.86 bits per heavy atom. The van der Waals surface area contributed by atoms with Gasteiger partial charge in [0.15, 0.2) is 5.54 Å². The lowest BCUT2D eigenvalue weighted by molar-refractivity contribution is -0.148. The summed E-state index contributed by atoms with van der Waals surface area (Å²) in [6, 6.07) is 5.09. The number of nitrogens with one attached hydrogen (secondary N) is 1. The minimum atomic E-state index is -1.51. The summed E-state index contributed by atoms with van der Waals surface area (Å²) in [5, 5.41) is 12.2. The number of methoxy groups -OCH3 is 1. The molecule has 1 aliphatic rings. The summed E-state index contributed by atoms with van der Waals surface area (Å²) in [6.45, 7) is 1.29. The number of fused-ring (bicyclic) bond motifs is 1. The number of benzene rings is 1. The molecule has 2 N–H and O–H groups in total. The number of halogens is 1. The molecule has 1 heterocycles. The van der Waals surface area contributed by atoms with Gasteiger partial charge >= 0.3 is 5.97 Å². The van der Waals surface area contributed by atoms with Gasteiger partial charge in [0, 0.05) is 17.7 Å². The number of carboxylic acid groups (broad SMARTS) is 1. The van der Waals surface area contributed by atoms with Crippen molar-refractivity contribution in [3.8, 4) is 5.75 Å². The molecule has 1 aromatic rings. The molecule has 1 atom stereocenters. The van der Waals surface area contributed by atoms with Crippen LogP contribution in [0.3, 0.4) is 0 Å². The number of ether oxygens (including phenoxy) is 2. The molecule has 1 amide bonds. The largest absolute Gasteiger partial charge is 0.488 e. The lowest BCUT2D eigenvalue weighted by Crippen LogP contribution is -2.56. The molecule has 1 unspecified atom stereocenters. The van der Waals surface area contributed by atoms with E-state index in [4.69, 9.17) is 21.1 Å². The Balaban J connectivity index is 2.21. The van der Waals surface area contributed by atoms with Gasteiger partial charge in [-0.15, -0.1) is 0 Å². The SMILES string of the molecule is COCC(C)(NC(=O)C1=Cc2cc(Cl)ccc2OC1)C(=O)O. The molecule has 0 saturated heterocycles. The summed E-state index contributed by atoms with van der Waals surface area (Å²) in [5.41, 5.74) is -0.521. The maximum absolute atomic E-state index is 12.3. The summed E-state index contributed by atoms with van der Waals surface area (Å²) >= 11 is 5.91. The molecule has 6 nitrogen and oxygen atoms in total. The summed E-state index contributed by atoms with van der Waals surface area (Å²) < 4.78 is 10.3. The van der Waals surface area contributed by atoms with E-state index in [1.807, 2.05) is 0 Å². The van der Waals surface area contributed by atoms with Crippen molar-refractivity contribution in [3.63, 3.8) is 0 Å². The second-order valence-electron chi connectivity index (χ2n) is 5.16. The van der Waals surface area contributed by atoms with Crippen LogP contribution in [0, 0.1) is 0 Å². The molecule has 0 aromatic heterocycles. The Kier molecular flexibility index (Phi) is 4.73. The first-order valence-electron chi connectivity index (χ1n) is 6.53. The highest BCUT2D eigenvalue weighted by atomic mass is 35.5. The second-order valence-corrected chi connectivity index (χ2v) is 5.60. The van der Waals surface area contributed by atoms with Crippen LogP contribution >= 0.6 is 11.6 Å². The van der Waals surface area contributed by atoms with Crippen LogP contribution in [0.5, 0.6) is 5.75 Å². The summed E-state index contributed by atoms with van der Waals surface area (Å²) in [5.74, 6) is -1.07. The van der Waals surface area contributed by atoms with Gasteiger partial charge < -0.3 is 19.9 Å². The van der Waals surface area contributed by atoms with Crippen LogP contribution in [0.25, 0.3) is 6.08 Å². The lowest BCUT2D eigenvalue weighted by atomic mass is 10.0. The molecule has 0 saturated carbocycles. The Morgan fingerprint density at radius 1 is 1.50 bits per heavy atom. The first-order chi connectivity index (χ1) is 10.4. The molecule has 118 valence electrons. The fourth-order valence-corrected chi connectivity index (χ4v) is 2.23. The average molecular weight is 326 g/mol. The van der Waals surface area contributed by atoms with Gasteiger partial charge in [0.25, 0.3) is 5.91 Å². The third-order valence-corrected chi connectivity index (χ3v) is 3.51. The van der Waals surface area contributed by atoms with Crippen molar-refractivity contribution < 1.29 is 24.2 Å². The predicted molar refractivity (Wildman–Crippen MR) is 81.0 cm³/mol. The van der Waals surface area contributed by atoms with Gasteiger partial charge in [-0.05, 0) is 31.2 Å². The number of carbonyl (C=O) groups excluding carboxylic acids is 1. The standard InChI is InChI=1S/C15H16ClNO5/c1-15(8-21-2,14(19)20)17-13(18)10-5-9-6-11(16)3-4-12(9)22-7-10/h3-6H,7-8H2,1-2H3,(H,17,18)(H,19,20). The number of carbonyl (C=O) groups is 2.